The summed E-state index contributed by atoms with van der Waals surface area (Å²) in [7, 11) is 3.11. The number of halogens is 3. The number of fused-ring (bicyclic) bond motifs is 1. The lowest BCUT2D eigenvalue weighted by molar-refractivity contribution is -0.140. The Balaban J connectivity index is 1.44. The average molecular weight is 554 g/mol. The Labute approximate surface area is 226 Å². The number of aryl methyl sites for hydroxylation is 1. The van der Waals surface area contributed by atoms with Gasteiger partial charge in [-0.25, -0.2) is 24.7 Å². The number of rotatable bonds is 9. The van der Waals surface area contributed by atoms with Crippen molar-refractivity contribution in [3.8, 4) is 28.7 Å². The van der Waals surface area contributed by atoms with Gasteiger partial charge >= 0.3 is 11.9 Å². The molecule has 1 atom stereocenters. The van der Waals surface area contributed by atoms with Crippen LogP contribution in [0.1, 0.15) is 24.6 Å². The van der Waals surface area contributed by atoms with Gasteiger partial charge in [-0.1, -0.05) is 31.2 Å². The predicted molar refractivity (Wildman–Crippen MR) is 141 cm³/mol. The van der Waals surface area contributed by atoms with Crippen LogP contribution in [0.4, 0.5) is 13.2 Å². The quantitative estimate of drug-likeness (QED) is 0.287. The third-order valence-corrected chi connectivity index (χ3v) is 6.33. The number of pyridine rings is 1. The van der Waals surface area contributed by atoms with Crippen LogP contribution in [0.25, 0.3) is 33.9 Å². The summed E-state index contributed by atoms with van der Waals surface area (Å²) < 4.78 is 53.3. The number of benzene rings is 1. The van der Waals surface area contributed by atoms with Crippen molar-refractivity contribution in [2.45, 2.75) is 32.2 Å². The van der Waals surface area contributed by atoms with Gasteiger partial charge in [-0.2, -0.15) is 13.2 Å². The van der Waals surface area contributed by atoms with E-state index in [2.05, 4.69) is 24.9 Å². The Hall–Kier alpha value is -4.52. The van der Waals surface area contributed by atoms with Gasteiger partial charge in [0.2, 0.25) is 5.88 Å². The highest BCUT2D eigenvalue weighted by atomic mass is 19.4. The van der Waals surface area contributed by atoms with Crippen molar-refractivity contribution >= 4 is 11.2 Å². The first-order valence-corrected chi connectivity index (χ1v) is 12.4. The van der Waals surface area contributed by atoms with E-state index in [9.17, 15) is 18.0 Å². The van der Waals surface area contributed by atoms with Gasteiger partial charge in [0.05, 0.1) is 24.9 Å². The molecule has 4 heterocycles. The maximum absolute atomic E-state index is 13.1. The van der Waals surface area contributed by atoms with Crippen molar-refractivity contribution in [3.05, 3.63) is 76.7 Å². The van der Waals surface area contributed by atoms with Gasteiger partial charge in [-0.3, -0.25) is 4.57 Å². The third-order valence-electron chi connectivity index (χ3n) is 6.33. The molecule has 0 amide bonds. The Bertz CT molecular complexity index is 1690. The van der Waals surface area contributed by atoms with Crippen LogP contribution in [0.2, 0.25) is 0 Å². The van der Waals surface area contributed by atoms with E-state index in [1.54, 1.807) is 49.7 Å². The molecule has 208 valence electrons. The minimum atomic E-state index is -4.53. The highest BCUT2D eigenvalue weighted by Crippen LogP contribution is 2.31. The first kappa shape index (κ1) is 27.1. The first-order valence-electron chi connectivity index (χ1n) is 12.4. The monoisotopic (exact) mass is 553 g/mol. The highest BCUT2D eigenvalue weighted by molar-refractivity contribution is 5.74. The molecule has 1 aromatic carbocycles. The van der Waals surface area contributed by atoms with E-state index in [1.165, 1.54) is 22.4 Å². The number of aromatic nitrogens is 7. The van der Waals surface area contributed by atoms with Crippen LogP contribution in [-0.4, -0.2) is 53.9 Å². The second kappa shape index (κ2) is 10.9. The van der Waals surface area contributed by atoms with Crippen LogP contribution in [0, 0.1) is 0 Å². The molecular formula is C27H26F3N7O3. The molecule has 1 N–H and O–H groups in total. The molecule has 0 aliphatic rings. The van der Waals surface area contributed by atoms with Gasteiger partial charge in [0.15, 0.2) is 17.2 Å². The normalized spacial score (nSPS) is 12.7. The number of hydrogen-bond donors (Lipinski definition) is 1. The zero-order chi connectivity index (χ0) is 28.4. The highest BCUT2D eigenvalue weighted by Gasteiger charge is 2.34. The molecule has 1 unspecified atom stereocenters. The molecule has 10 nitrogen and oxygen atoms in total. The average Bonchev–Trinajstić information content (AvgIpc) is 3.48. The molecule has 0 fully saturated rings. The molecule has 0 spiro atoms. The summed E-state index contributed by atoms with van der Waals surface area (Å²) in [5.41, 5.74) is 1.33. The molecule has 0 saturated carbocycles. The summed E-state index contributed by atoms with van der Waals surface area (Å²) in [6.07, 6.45) is 0.0656. The summed E-state index contributed by atoms with van der Waals surface area (Å²) in [4.78, 5) is 32.7. The Morgan fingerprint density at radius 1 is 1.10 bits per heavy atom. The fraction of sp³-hybridized carbons (Fsp3) is 0.296. The summed E-state index contributed by atoms with van der Waals surface area (Å²) in [5.74, 6) is 0.876. The molecule has 0 aliphatic heterocycles. The topological polar surface area (TPSA) is 113 Å². The maximum Gasteiger partial charge on any atom is 0.434 e. The minimum absolute atomic E-state index is 0.173. The maximum atomic E-state index is 13.1. The van der Waals surface area contributed by atoms with Gasteiger partial charge in [0.25, 0.3) is 0 Å². The van der Waals surface area contributed by atoms with Gasteiger partial charge < -0.3 is 19.0 Å². The number of imidazole rings is 2. The lowest BCUT2D eigenvalue weighted by Gasteiger charge is -2.17. The van der Waals surface area contributed by atoms with Crippen molar-refractivity contribution in [2.75, 3.05) is 13.7 Å². The molecule has 0 aliphatic carbocycles. The Morgan fingerprint density at radius 2 is 1.88 bits per heavy atom. The van der Waals surface area contributed by atoms with Crippen LogP contribution in [0.5, 0.6) is 5.88 Å². The Morgan fingerprint density at radius 3 is 2.55 bits per heavy atom. The summed E-state index contributed by atoms with van der Waals surface area (Å²) in [6, 6.07) is 10.3. The largest absolute Gasteiger partial charge is 0.471 e. The molecule has 0 radical (unpaired) electrons. The van der Waals surface area contributed by atoms with Crippen molar-refractivity contribution < 1.29 is 22.6 Å². The van der Waals surface area contributed by atoms with E-state index in [0.717, 1.165) is 11.8 Å². The molecule has 40 heavy (non-hydrogen) atoms. The lowest BCUT2D eigenvalue weighted by atomic mass is 10.1. The smallest absolute Gasteiger partial charge is 0.434 e. The zero-order valence-electron chi connectivity index (χ0n) is 21.9. The van der Waals surface area contributed by atoms with Gasteiger partial charge in [-0.05, 0) is 24.1 Å². The second-order valence-corrected chi connectivity index (χ2v) is 9.16. The molecular weight excluding hydrogens is 527 g/mol. The Kier molecular flexibility index (Phi) is 7.39. The molecule has 5 aromatic rings. The van der Waals surface area contributed by atoms with Gasteiger partial charge in [0.1, 0.15) is 17.4 Å². The number of nitrogens with zero attached hydrogens (tertiary/aromatic N) is 6. The van der Waals surface area contributed by atoms with Crippen molar-refractivity contribution in [1.82, 2.24) is 34.1 Å². The molecule has 0 saturated heterocycles. The number of alkyl halides is 3. The second-order valence-electron chi connectivity index (χ2n) is 9.16. The fourth-order valence-electron chi connectivity index (χ4n) is 4.27. The van der Waals surface area contributed by atoms with Crippen LogP contribution in [-0.2, 0) is 24.5 Å². The van der Waals surface area contributed by atoms with E-state index in [4.69, 9.17) is 9.47 Å². The van der Waals surface area contributed by atoms with E-state index in [0.29, 0.717) is 47.0 Å². The number of aromatic amines is 1. The standard InChI is InChI=1S/C27H26F3N7O3/c1-4-18(15-39-3)40-25-19(6-5-11-31-25)22-32-12-20-24(35-22)37(26(38)33-20)13-16-7-9-17(10-8-16)23-34-21(14-36(23)2)27(28,29)30/h5-12,14,18H,4,13,15H2,1-3H3,(H,33,38). The predicted octanol–water partition coefficient (Wildman–Crippen LogP) is 4.45. The van der Waals surface area contributed by atoms with E-state index in [-0.39, 0.29) is 24.2 Å². The summed E-state index contributed by atoms with van der Waals surface area (Å²) in [5, 5.41) is 0. The zero-order valence-corrected chi connectivity index (χ0v) is 21.9. The number of nitrogens with one attached hydrogen (secondary N) is 1. The number of hydrogen-bond acceptors (Lipinski definition) is 7. The lowest BCUT2D eigenvalue weighted by Crippen LogP contribution is -2.22. The van der Waals surface area contributed by atoms with E-state index >= 15 is 0 Å². The van der Waals surface area contributed by atoms with Crippen molar-refractivity contribution in [1.29, 1.82) is 0 Å². The van der Waals surface area contributed by atoms with Crippen LogP contribution in [0.3, 0.4) is 0 Å². The van der Waals surface area contributed by atoms with Crippen LogP contribution >= 0.6 is 0 Å². The first-order chi connectivity index (χ1) is 19.2. The van der Waals surface area contributed by atoms with Crippen LogP contribution in [0.15, 0.2) is 59.8 Å². The minimum Gasteiger partial charge on any atom is -0.471 e. The summed E-state index contributed by atoms with van der Waals surface area (Å²) >= 11 is 0. The SMILES string of the molecule is CCC(COC)Oc1ncccc1-c1ncc2[nH]c(=O)n(Cc3ccc(-c4nc(C(F)(F)F)cn4C)cc3)c2n1. The molecule has 13 heteroatoms. The number of methoxy groups -OCH3 is 1. The summed E-state index contributed by atoms with van der Waals surface area (Å²) in [6.45, 7) is 2.55. The van der Waals surface area contributed by atoms with Gasteiger partial charge in [-0.15, -0.1) is 0 Å². The van der Waals surface area contributed by atoms with E-state index in [1.807, 2.05) is 6.92 Å². The molecule has 4 aromatic heterocycles. The number of H-pyrrole nitrogens is 1. The van der Waals surface area contributed by atoms with E-state index < -0.39 is 11.9 Å². The van der Waals surface area contributed by atoms with Crippen LogP contribution < -0.4 is 10.4 Å². The number of ether oxygens (including phenoxy) is 2. The third kappa shape index (κ3) is 5.45. The molecule has 0 bridgehead atoms. The molecule has 5 rings (SSSR count). The van der Waals surface area contributed by atoms with Gasteiger partial charge in [0, 0.05) is 32.1 Å². The van der Waals surface area contributed by atoms with Crippen molar-refractivity contribution in [2.24, 2.45) is 7.05 Å². The van der Waals surface area contributed by atoms with Crippen molar-refractivity contribution in [3.63, 3.8) is 0 Å². The fourth-order valence-corrected chi connectivity index (χ4v) is 4.27.